The predicted molar refractivity (Wildman–Crippen MR) is 80.0 cm³/mol. The molecule has 0 spiro atoms. The summed E-state index contributed by atoms with van der Waals surface area (Å²) in [6, 6.07) is 1.43. The molecular formula is C13H14N2O3S2. The van der Waals surface area contributed by atoms with Crippen molar-refractivity contribution in [2.75, 3.05) is 5.32 Å². The number of rotatable bonds is 3. The standard InChI is InChI=1S/C13H14N2O3S2/c1-13(2,3)12-14-8(6-20-12)10(16)15-9-4-7(5-19-9)11(17)18/h4-6H,1-3H3,(H,15,16)(H,17,18). The molecular weight excluding hydrogens is 296 g/mol. The Balaban J connectivity index is 2.11. The van der Waals surface area contributed by atoms with Gasteiger partial charge in [0.1, 0.15) is 5.69 Å². The molecule has 2 rings (SSSR count). The second-order valence-electron chi connectivity index (χ2n) is 5.25. The number of thiophene rings is 1. The summed E-state index contributed by atoms with van der Waals surface area (Å²) in [4.78, 5) is 27.1. The van der Waals surface area contributed by atoms with E-state index in [-0.39, 0.29) is 16.9 Å². The van der Waals surface area contributed by atoms with Gasteiger partial charge in [-0.1, -0.05) is 20.8 Å². The number of aromatic nitrogens is 1. The molecule has 2 aromatic heterocycles. The second-order valence-corrected chi connectivity index (χ2v) is 7.02. The third-order valence-corrected chi connectivity index (χ3v) is 4.58. The zero-order valence-corrected chi connectivity index (χ0v) is 12.9. The number of carbonyl (C=O) groups is 2. The lowest BCUT2D eigenvalue weighted by molar-refractivity contribution is 0.0697. The number of nitrogens with one attached hydrogen (secondary N) is 1. The van der Waals surface area contributed by atoms with E-state index in [9.17, 15) is 9.59 Å². The number of anilines is 1. The molecule has 0 aliphatic heterocycles. The molecule has 7 heteroatoms. The molecule has 0 aliphatic rings. The van der Waals surface area contributed by atoms with E-state index >= 15 is 0 Å². The van der Waals surface area contributed by atoms with Crippen molar-refractivity contribution in [3.63, 3.8) is 0 Å². The molecule has 2 N–H and O–H groups in total. The first-order chi connectivity index (χ1) is 9.27. The van der Waals surface area contributed by atoms with Gasteiger partial charge in [0.05, 0.1) is 15.6 Å². The smallest absolute Gasteiger partial charge is 0.336 e. The fourth-order valence-electron chi connectivity index (χ4n) is 1.41. The lowest BCUT2D eigenvalue weighted by atomic mass is 9.98. The summed E-state index contributed by atoms with van der Waals surface area (Å²) in [6.07, 6.45) is 0. The molecule has 0 unspecified atom stereocenters. The minimum atomic E-state index is -1.01. The summed E-state index contributed by atoms with van der Waals surface area (Å²) in [5.41, 5.74) is 0.423. The maximum atomic E-state index is 12.0. The van der Waals surface area contributed by atoms with Gasteiger partial charge in [-0.2, -0.15) is 0 Å². The highest BCUT2D eigenvalue weighted by Crippen LogP contribution is 2.26. The molecule has 0 fully saturated rings. The van der Waals surface area contributed by atoms with Gasteiger partial charge in [-0.25, -0.2) is 9.78 Å². The summed E-state index contributed by atoms with van der Waals surface area (Å²) >= 11 is 2.62. The van der Waals surface area contributed by atoms with Crippen LogP contribution in [0.1, 0.15) is 46.6 Å². The molecule has 5 nitrogen and oxygen atoms in total. The average molecular weight is 310 g/mol. The highest BCUT2D eigenvalue weighted by Gasteiger charge is 2.20. The van der Waals surface area contributed by atoms with Crippen molar-refractivity contribution in [3.05, 3.63) is 33.1 Å². The summed E-state index contributed by atoms with van der Waals surface area (Å²) in [5, 5.41) is 16.1. The lowest BCUT2D eigenvalue weighted by Gasteiger charge is -2.13. The molecule has 0 bridgehead atoms. The number of nitrogens with zero attached hydrogens (tertiary/aromatic N) is 1. The van der Waals surface area contributed by atoms with Gasteiger partial charge in [-0.3, -0.25) is 4.79 Å². The van der Waals surface area contributed by atoms with Gasteiger partial charge < -0.3 is 10.4 Å². The van der Waals surface area contributed by atoms with Gasteiger partial charge in [0.15, 0.2) is 0 Å². The van der Waals surface area contributed by atoms with Crippen LogP contribution in [0.4, 0.5) is 5.00 Å². The van der Waals surface area contributed by atoms with Crippen LogP contribution in [0.5, 0.6) is 0 Å². The Morgan fingerprint density at radius 2 is 1.95 bits per heavy atom. The number of aromatic carboxylic acids is 1. The first-order valence-electron chi connectivity index (χ1n) is 5.86. The maximum Gasteiger partial charge on any atom is 0.336 e. The molecule has 1 amide bonds. The van der Waals surface area contributed by atoms with Crippen LogP contribution in [0.2, 0.25) is 0 Å². The average Bonchev–Trinajstić information content (AvgIpc) is 2.95. The van der Waals surface area contributed by atoms with Gasteiger partial charge in [-0.15, -0.1) is 22.7 Å². The topological polar surface area (TPSA) is 79.3 Å². The molecule has 0 radical (unpaired) electrons. The molecule has 0 saturated carbocycles. The first kappa shape index (κ1) is 14.7. The fraction of sp³-hybridized carbons (Fsp3) is 0.308. The van der Waals surface area contributed by atoms with E-state index in [4.69, 9.17) is 5.11 Å². The van der Waals surface area contributed by atoms with E-state index in [2.05, 4.69) is 10.3 Å². The fourth-order valence-corrected chi connectivity index (χ4v) is 3.07. The molecule has 0 aromatic carbocycles. The van der Waals surface area contributed by atoms with Crippen LogP contribution in [0.15, 0.2) is 16.8 Å². The number of carboxylic acid groups (broad SMARTS) is 1. The summed E-state index contributed by atoms with van der Waals surface area (Å²) in [7, 11) is 0. The Morgan fingerprint density at radius 3 is 2.45 bits per heavy atom. The van der Waals surface area contributed by atoms with E-state index in [1.807, 2.05) is 20.8 Å². The molecule has 20 heavy (non-hydrogen) atoms. The van der Waals surface area contributed by atoms with Gasteiger partial charge in [0.25, 0.3) is 5.91 Å². The Morgan fingerprint density at radius 1 is 1.25 bits per heavy atom. The molecule has 0 aliphatic carbocycles. The Bertz CT molecular complexity index is 653. The first-order valence-corrected chi connectivity index (χ1v) is 7.62. The third kappa shape index (κ3) is 3.23. The van der Waals surface area contributed by atoms with E-state index in [0.29, 0.717) is 10.7 Å². The van der Waals surface area contributed by atoms with E-state index < -0.39 is 5.97 Å². The Labute approximate surface area is 124 Å². The van der Waals surface area contributed by atoms with Crippen LogP contribution in [0, 0.1) is 0 Å². The molecule has 2 heterocycles. The number of carbonyl (C=O) groups excluding carboxylic acids is 1. The third-order valence-electron chi connectivity index (χ3n) is 2.46. The van der Waals surface area contributed by atoms with Crippen LogP contribution >= 0.6 is 22.7 Å². The molecule has 0 saturated heterocycles. The van der Waals surface area contributed by atoms with E-state index in [1.54, 1.807) is 5.38 Å². The van der Waals surface area contributed by atoms with Crippen LogP contribution in [0.3, 0.4) is 0 Å². The van der Waals surface area contributed by atoms with E-state index in [0.717, 1.165) is 5.01 Å². The minimum absolute atomic E-state index is 0.0946. The largest absolute Gasteiger partial charge is 0.478 e. The van der Waals surface area contributed by atoms with Crippen molar-refractivity contribution in [3.8, 4) is 0 Å². The summed E-state index contributed by atoms with van der Waals surface area (Å²) in [5.74, 6) is -1.33. The number of hydrogen-bond acceptors (Lipinski definition) is 5. The molecule has 106 valence electrons. The van der Waals surface area contributed by atoms with E-state index in [1.165, 1.54) is 34.1 Å². The van der Waals surface area contributed by atoms with Gasteiger partial charge in [0.2, 0.25) is 0 Å². The SMILES string of the molecule is CC(C)(C)c1nc(C(=O)Nc2cc(C(=O)O)cs2)cs1. The molecule has 0 atom stereocenters. The van der Waals surface area contributed by atoms with Crippen molar-refractivity contribution < 1.29 is 14.7 Å². The van der Waals surface area contributed by atoms with Gasteiger partial charge >= 0.3 is 5.97 Å². The maximum absolute atomic E-state index is 12.0. The molecule has 2 aromatic rings. The monoisotopic (exact) mass is 310 g/mol. The summed E-state index contributed by atoms with van der Waals surface area (Å²) in [6.45, 7) is 6.10. The Kier molecular flexibility index (Phi) is 3.92. The van der Waals surface area contributed by atoms with Gasteiger partial charge in [-0.05, 0) is 6.07 Å². The van der Waals surface area contributed by atoms with Crippen molar-refractivity contribution in [1.82, 2.24) is 4.98 Å². The second kappa shape index (κ2) is 5.34. The zero-order valence-electron chi connectivity index (χ0n) is 11.3. The van der Waals surface area contributed by atoms with Crippen molar-refractivity contribution in [2.45, 2.75) is 26.2 Å². The number of thiazole rings is 1. The van der Waals surface area contributed by atoms with Crippen LogP contribution < -0.4 is 5.32 Å². The van der Waals surface area contributed by atoms with Crippen LogP contribution in [0.25, 0.3) is 0 Å². The predicted octanol–water partition coefficient (Wildman–Crippen LogP) is 3.45. The zero-order chi connectivity index (χ0) is 14.9. The number of carboxylic acids is 1. The number of hydrogen-bond donors (Lipinski definition) is 2. The number of amides is 1. The Hall–Kier alpha value is -1.73. The normalized spacial score (nSPS) is 11.3. The highest BCUT2D eigenvalue weighted by atomic mass is 32.1. The van der Waals surface area contributed by atoms with Gasteiger partial charge in [0, 0.05) is 16.2 Å². The summed E-state index contributed by atoms with van der Waals surface area (Å²) < 4.78 is 0. The quantitative estimate of drug-likeness (QED) is 0.910. The lowest BCUT2D eigenvalue weighted by Crippen LogP contribution is -2.14. The minimum Gasteiger partial charge on any atom is -0.478 e. The van der Waals surface area contributed by atoms with Crippen molar-refractivity contribution in [1.29, 1.82) is 0 Å². The highest BCUT2D eigenvalue weighted by molar-refractivity contribution is 7.14. The van der Waals surface area contributed by atoms with Crippen molar-refractivity contribution in [2.24, 2.45) is 0 Å². The van der Waals surface area contributed by atoms with Crippen LogP contribution in [-0.2, 0) is 5.41 Å². The van der Waals surface area contributed by atoms with Crippen molar-refractivity contribution >= 4 is 39.6 Å². The van der Waals surface area contributed by atoms with Crippen LogP contribution in [-0.4, -0.2) is 22.0 Å².